The number of carbonyl (C=O) groups excluding carboxylic acids is 2. The normalized spacial score (nSPS) is 18.1. The quantitative estimate of drug-likeness (QED) is 0.803. The van der Waals surface area contributed by atoms with Crippen LogP contribution < -0.4 is 11.1 Å². The second-order valence-electron chi connectivity index (χ2n) is 5.37. The van der Waals surface area contributed by atoms with E-state index in [2.05, 4.69) is 5.32 Å². The van der Waals surface area contributed by atoms with Crippen LogP contribution in [0.4, 0.5) is 0 Å². The first-order valence-corrected chi connectivity index (χ1v) is 8.80. The van der Waals surface area contributed by atoms with Crippen LogP contribution in [0.15, 0.2) is 29.2 Å². The molecule has 1 fully saturated rings. The first-order valence-electron chi connectivity index (χ1n) is 7.57. The zero-order valence-electron chi connectivity index (χ0n) is 12.9. The van der Waals surface area contributed by atoms with Crippen LogP contribution in [-0.4, -0.2) is 49.1 Å². The van der Waals surface area contributed by atoms with Crippen molar-refractivity contribution < 1.29 is 9.59 Å². The lowest BCUT2D eigenvalue weighted by Crippen LogP contribution is -2.46. The van der Waals surface area contributed by atoms with Gasteiger partial charge in [-0.3, -0.25) is 9.59 Å². The molecule has 1 aromatic carbocycles. The molecule has 120 valence electrons. The Balaban J connectivity index is 2.05. The van der Waals surface area contributed by atoms with Gasteiger partial charge in [0.25, 0.3) is 5.91 Å². The number of piperidine rings is 1. The summed E-state index contributed by atoms with van der Waals surface area (Å²) in [5.74, 6) is -0.118. The van der Waals surface area contributed by atoms with Gasteiger partial charge in [0.15, 0.2) is 0 Å². The highest BCUT2D eigenvalue weighted by Gasteiger charge is 2.29. The molecule has 1 saturated heterocycles. The van der Waals surface area contributed by atoms with E-state index in [1.165, 1.54) is 0 Å². The summed E-state index contributed by atoms with van der Waals surface area (Å²) in [6.45, 7) is 2.11. The van der Waals surface area contributed by atoms with Crippen LogP contribution in [0.3, 0.4) is 0 Å². The standard InChI is InChI=1S/C16H23N3O2S/c1-22-14-7-3-2-6-13(14)16(21)19-10-4-5-12(11-19)15(20)18-9-8-17/h2-3,6-7,12H,4-5,8-11,17H2,1H3,(H,18,20). The van der Waals surface area contributed by atoms with Crippen LogP contribution in [0.1, 0.15) is 23.2 Å². The van der Waals surface area contributed by atoms with Gasteiger partial charge in [-0.05, 0) is 31.2 Å². The number of nitrogens with one attached hydrogen (secondary N) is 1. The molecule has 1 aliphatic rings. The SMILES string of the molecule is CSc1ccccc1C(=O)N1CCCC(C(=O)NCCN)C1. The van der Waals surface area contributed by atoms with E-state index >= 15 is 0 Å². The second kappa shape index (κ2) is 8.19. The molecule has 1 heterocycles. The number of rotatable bonds is 5. The molecule has 2 rings (SSSR count). The zero-order chi connectivity index (χ0) is 15.9. The molecule has 0 aromatic heterocycles. The average molecular weight is 321 g/mol. The molecule has 1 atom stereocenters. The Morgan fingerprint density at radius 3 is 2.91 bits per heavy atom. The van der Waals surface area contributed by atoms with E-state index in [-0.39, 0.29) is 17.7 Å². The van der Waals surface area contributed by atoms with Crippen molar-refractivity contribution in [1.82, 2.24) is 10.2 Å². The molecule has 3 N–H and O–H groups in total. The maximum Gasteiger partial charge on any atom is 0.255 e. The van der Waals surface area contributed by atoms with E-state index in [1.807, 2.05) is 30.5 Å². The van der Waals surface area contributed by atoms with Gasteiger partial charge >= 0.3 is 0 Å². The Morgan fingerprint density at radius 2 is 2.18 bits per heavy atom. The number of hydrogen-bond donors (Lipinski definition) is 2. The highest BCUT2D eigenvalue weighted by atomic mass is 32.2. The molecule has 6 heteroatoms. The van der Waals surface area contributed by atoms with Gasteiger partial charge in [-0.25, -0.2) is 0 Å². The number of carbonyl (C=O) groups is 2. The Morgan fingerprint density at radius 1 is 1.41 bits per heavy atom. The lowest BCUT2D eigenvalue weighted by atomic mass is 9.96. The van der Waals surface area contributed by atoms with E-state index in [9.17, 15) is 9.59 Å². The van der Waals surface area contributed by atoms with Gasteiger partial charge in [-0.2, -0.15) is 0 Å². The van der Waals surface area contributed by atoms with Crippen molar-refractivity contribution in [2.24, 2.45) is 11.7 Å². The van der Waals surface area contributed by atoms with E-state index < -0.39 is 0 Å². The molecule has 2 amide bonds. The number of thioether (sulfide) groups is 1. The van der Waals surface area contributed by atoms with Crippen LogP contribution >= 0.6 is 11.8 Å². The molecule has 1 aromatic rings. The molecule has 1 unspecified atom stereocenters. The number of nitrogens with two attached hydrogens (primary N) is 1. The summed E-state index contributed by atoms with van der Waals surface area (Å²) in [5.41, 5.74) is 6.13. The molecule has 1 aliphatic heterocycles. The zero-order valence-corrected chi connectivity index (χ0v) is 13.7. The van der Waals surface area contributed by atoms with Crippen LogP contribution in [0.5, 0.6) is 0 Å². The van der Waals surface area contributed by atoms with Crippen LogP contribution in [-0.2, 0) is 4.79 Å². The Hall–Kier alpha value is -1.53. The Labute approximate surface area is 135 Å². The van der Waals surface area contributed by atoms with Gasteiger partial charge in [0.2, 0.25) is 5.91 Å². The van der Waals surface area contributed by atoms with Gasteiger partial charge in [0, 0.05) is 31.1 Å². The lowest BCUT2D eigenvalue weighted by Gasteiger charge is -2.32. The molecule has 0 spiro atoms. The average Bonchev–Trinajstić information content (AvgIpc) is 2.59. The third kappa shape index (κ3) is 4.01. The summed E-state index contributed by atoms with van der Waals surface area (Å²) < 4.78 is 0. The third-order valence-corrected chi connectivity index (χ3v) is 4.66. The number of hydrogen-bond acceptors (Lipinski definition) is 4. The second-order valence-corrected chi connectivity index (χ2v) is 6.22. The van der Waals surface area contributed by atoms with Crippen LogP contribution in [0, 0.1) is 5.92 Å². The smallest absolute Gasteiger partial charge is 0.255 e. The fourth-order valence-corrected chi connectivity index (χ4v) is 3.30. The largest absolute Gasteiger partial charge is 0.355 e. The van der Waals surface area contributed by atoms with Gasteiger partial charge in [0.05, 0.1) is 11.5 Å². The van der Waals surface area contributed by atoms with Gasteiger partial charge in [-0.1, -0.05) is 12.1 Å². The Kier molecular flexibility index (Phi) is 6.27. The molecule has 0 aliphatic carbocycles. The highest BCUT2D eigenvalue weighted by molar-refractivity contribution is 7.98. The maximum absolute atomic E-state index is 12.7. The summed E-state index contributed by atoms with van der Waals surface area (Å²) in [7, 11) is 0. The minimum absolute atomic E-state index is 0.00102. The first-order chi connectivity index (χ1) is 10.7. The molecule has 0 saturated carbocycles. The lowest BCUT2D eigenvalue weighted by molar-refractivity contribution is -0.126. The molecular weight excluding hydrogens is 298 g/mol. The molecular formula is C16H23N3O2S. The van der Waals surface area contributed by atoms with Gasteiger partial charge < -0.3 is 16.0 Å². The van der Waals surface area contributed by atoms with Gasteiger partial charge in [0.1, 0.15) is 0 Å². The van der Waals surface area contributed by atoms with E-state index in [4.69, 9.17) is 5.73 Å². The van der Waals surface area contributed by atoms with Crippen molar-refractivity contribution in [3.8, 4) is 0 Å². The van der Waals surface area contributed by atoms with Crippen molar-refractivity contribution >= 4 is 23.6 Å². The first kappa shape index (κ1) is 16.8. The van der Waals surface area contributed by atoms with Crippen LogP contribution in [0.2, 0.25) is 0 Å². The molecule has 22 heavy (non-hydrogen) atoms. The maximum atomic E-state index is 12.7. The predicted octanol–water partition coefficient (Wildman–Crippen LogP) is 1.34. The monoisotopic (exact) mass is 321 g/mol. The number of amides is 2. The molecule has 0 bridgehead atoms. The van der Waals surface area contributed by atoms with E-state index in [0.29, 0.717) is 26.2 Å². The summed E-state index contributed by atoms with van der Waals surface area (Å²) in [4.78, 5) is 27.6. The van der Waals surface area contributed by atoms with E-state index in [0.717, 1.165) is 23.3 Å². The topological polar surface area (TPSA) is 75.4 Å². The minimum atomic E-state index is -0.134. The van der Waals surface area contributed by atoms with E-state index in [1.54, 1.807) is 16.7 Å². The number of benzene rings is 1. The van der Waals surface area contributed by atoms with Crippen molar-refractivity contribution in [2.75, 3.05) is 32.4 Å². The van der Waals surface area contributed by atoms with Crippen molar-refractivity contribution in [2.45, 2.75) is 17.7 Å². The fourth-order valence-electron chi connectivity index (χ4n) is 2.71. The van der Waals surface area contributed by atoms with Crippen molar-refractivity contribution in [3.63, 3.8) is 0 Å². The summed E-state index contributed by atoms with van der Waals surface area (Å²) in [6, 6.07) is 7.61. The number of likely N-dealkylation sites (tertiary alicyclic amines) is 1. The molecule has 5 nitrogen and oxygen atoms in total. The summed E-state index contributed by atoms with van der Waals surface area (Å²) >= 11 is 1.57. The highest BCUT2D eigenvalue weighted by Crippen LogP contribution is 2.24. The van der Waals surface area contributed by atoms with Crippen LogP contribution in [0.25, 0.3) is 0 Å². The van der Waals surface area contributed by atoms with Crippen molar-refractivity contribution in [3.05, 3.63) is 29.8 Å². The van der Waals surface area contributed by atoms with Gasteiger partial charge in [-0.15, -0.1) is 11.8 Å². The summed E-state index contributed by atoms with van der Waals surface area (Å²) in [6.07, 6.45) is 3.64. The van der Waals surface area contributed by atoms with Crippen molar-refractivity contribution in [1.29, 1.82) is 0 Å². The Bertz CT molecular complexity index is 536. The summed E-state index contributed by atoms with van der Waals surface area (Å²) in [5, 5.41) is 2.82. The minimum Gasteiger partial charge on any atom is -0.355 e. The molecule has 0 radical (unpaired) electrons. The third-order valence-electron chi connectivity index (χ3n) is 3.86. The fraction of sp³-hybridized carbons (Fsp3) is 0.500. The number of nitrogens with zero attached hydrogens (tertiary/aromatic N) is 1. The predicted molar refractivity (Wildman–Crippen MR) is 88.9 cm³/mol.